The van der Waals surface area contributed by atoms with E-state index >= 15 is 0 Å². The molecule has 0 saturated carbocycles. The summed E-state index contributed by atoms with van der Waals surface area (Å²) in [6, 6.07) is 21.4. The van der Waals surface area contributed by atoms with Crippen LogP contribution in [-0.2, 0) is 12.3 Å². The largest absolute Gasteiger partial charge is 0.347 e. The van der Waals surface area contributed by atoms with Crippen LogP contribution in [0.1, 0.15) is 33.1 Å². The van der Waals surface area contributed by atoms with Gasteiger partial charge in [0.2, 0.25) is 0 Å². The highest BCUT2D eigenvalue weighted by molar-refractivity contribution is 7.98. The van der Waals surface area contributed by atoms with E-state index in [1.807, 2.05) is 80.6 Å². The number of amides is 1. The molecule has 0 saturated heterocycles. The van der Waals surface area contributed by atoms with Crippen LogP contribution in [0.4, 0.5) is 0 Å². The van der Waals surface area contributed by atoms with Crippen LogP contribution < -0.4 is 5.32 Å². The molecular weight excluding hydrogens is 408 g/mol. The van der Waals surface area contributed by atoms with Crippen LogP contribution in [0.3, 0.4) is 0 Å². The maximum atomic E-state index is 12.9. The molecule has 0 aliphatic carbocycles. The molecular formula is C23H22N6OS. The summed E-state index contributed by atoms with van der Waals surface area (Å²) in [6.07, 6.45) is 0. The lowest BCUT2D eigenvalue weighted by atomic mass is 10.2. The number of thioether (sulfide) groups is 1. The van der Waals surface area contributed by atoms with E-state index < -0.39 is 0 Å². The molecule has 0 unspecified atom stereocenters. The molecule has 0 aliphatic heterocycles. The van der Waals surface area contributed by atoms with E-state index in [2.05, 4.69) is 25.6 Å². The second-order valence-corrected chi connectivity index (χ2v) is 7.96. The van der Waals surface area contributed by atoms with Gasteiger partial charge in [0.15, 0.2) is 10.9 Å². The highest BCUT2D eigenvalue weighted by Gasteiger charge is 2.21. The summed E-state index contributed by atoms with van der Waals surface area (Å²) in [5, 5.41) is 12.1. The number of benzene rings is 2. The lowest BCUT2D eigenvalue weighted by molar-refractivity contribution is 0.0945. The van der Waals surface area contributed by atoms with Crippen molar-refractivity contribution in [3.63, 3.8) is 0 Å². The quantitative estimate of drug-likeness (QED) is 0.354. The van der Waals surface area contributed by atoms with E-state index in [4.69, 9.17) is 0 Å². The first kappa shape index (κ1) is 20.7. The predicted molar refractivity (Wildman–Crippen MR) is 120 cm³/mol. The van der Waals surface area contributed by atoms with E-state index in [9.17, 15) is 4.79 Å². The topological polar surface area (TPSA) is 85.6 Å². The molecule has 0 bridgehead atoms. The van der Waals surface area contributed by atoms with Gasteiger partial charge in [-0.05, 0) is 37.6 Å². The number of hydrogen-bond donors (Lipinski definition) is 1. The maximum Gasteiger partial charge on any atom is 0.274 e. The van der Waals surface area contributed by atoms with Gasteiger partial charge in [-0.2, -0.15) is 0 Å². The average Bonchev–Trinajstić information content (AvgIpc) is 3.21. The Morgan fingerprint density at radius 3 is 2.29 bits per heavy atom. The molecule has 0 radical (unpaired) electrons. The first-order valence-electron chi connectivity index (χ1n) is 9.87. The van der Waals surface area contributed by atoms with Crippen molar-refractivity contribution in [3.8, 4) is 5.69 Å². The fraction of sp³-hybridized carbons (Fsp3) is 0.174. The van der Waals surface area contributed by atoms with Crippen LogP contribution >= 0.6 is 11.8 Å². The van der Waals surface area contributed by atoms with Crippen LogP contribution in [0.2, 0.25) is 0 Å². The third-order valence-electron chi connectivity index (χ3n) is 4.57. The zero-order chi connectivity index (χ0) is 21.6. The molecule has 1 N–H and O–H groups in total. The highest BCUT2D eigenvalue weighted by atomic mass is 32.2. The Bertz CT molecular complexity index is 1160. The summed E-state index contributed by atoms with van der Waals surface area (Å²) >= 11 is 1.46. The molecule has 0 atom stereocenters. The normalized spacial score (nSPS) is 10.8. The first-order chi connectivity index (χ1) is 15.1. The Hall–Kier alpha value is -3.52. The second kappa shape index (κ2) is 9.53. The zero-order valence-electron chi connectivity index (χ0n) is 17.3. The Kier molecular flexibility index (Phi) is 6.37. The molecule has 156 valence electrons. The lowest BCUT2D eigenvalue weighted by Crippen LogP contribution is -2.24. The number of nitrogens with one attached hydrogen (secondary N) is 1. The number of carbonyl (C=O) groups is 1. The van der Waals surface area contributed by atoms with Gasteiger partial charge in [-0.1, -0.05) is 65.5 Å². The van der Waals surface area contributed by atoms with E-state index in [0.717, 1.165) is 22.6 Å². The predicted octanol–water partition coefficient (Wildman–Crippen LogP) is 3.90. The molecule has 7 nitrogen and oxygen atoms in total. The van der Waals surface area contributed by atoms with Gasteiger partial charge < -0.3 is 5.32 Å². The summed E-state index contributed by atoms with van der Waals surface area (Å²) in [5.74, 6) is 0.196. The van der Waals surface area contributed by atoms with Crippen molar-refractivity contribution in [1.29, 1.82) is 0 Å². The molecule has 0 spiro atoms. The summed E-state index contributed by atoms with van der Waals surface area (Å²) < 4.78 is 1.70. The summed E-state index contributed by atoms with van der Waals surface area (Å²) in [7, 11) is 0. The summed E-state index contributed by atoms with van der Waals surface area (Å²) in [6.45, 7) is 4.30. The van der Waals surface area contributed by atoms with E-state index in [-0.39, 0.29) is 5.91 Å². The minimum atomic E-state index is -0.261. The van der Waals surface area contributed by atoms with Crippen molar-refractivity contribution in [1.82, 2.24) is 30.3 Å². The van der Waals surface area contributed by atoms with E-state index in [0.29, 0.717) is 28.8 Å². The van der Waals surface area contributed by atoms with E-state index in [1.54, 1.807) is 4.68 Å². The smallest absolute Gasteiger partial charge is 0.274 e. The molecule has 0 aliphatic rings. The third-order valence-corrected chi connectivity index (χ3v) is 5.43. The molecule has 2 heterocycles. The summed E-state index contributed by atoms with van der Waals surface area (Å²) in [4.78, 5) is 21.9. The van der Waals surface area contributed by atoms with Gasteiger partial charge >= 0.3 is 0 Å². The van der Waals surface area contributed by atoms with Crippen LogP contribution in [-0.4, -0.2) is 30.9 Å². The van der Waals surface area contributed by atoms with Crippen molar-refractivity contribution in [2.24, 2.45) is 0 Å². The Morgan fingerprint density at radius 1 is 0.968 bits per heavy atom. The summed E-state index contributed by atoms with van der Waals surface area (Å²) in [5.41, 5.74) is 4.68. The van der Waals surface area contributed by atoms with Gasteiger partial charge in [0.25, 0.3) is 5.91 Å². The fourth-order valence-corrected chi connectivity index (χ4v) is 4.08. The Morgan fingerprint density at radius 2 is 1.61 bits per heavy atom. The van der Waals surface area contributed by atoms with Gasteiger partial charge in [0, 0.05) is 23.7 Å². The lowest BCUT2D eigenvalue weighted by Gasteiger charge is -2.09. The number of rotatable bonds is 7. The fourth-order valence-electron chi connectivity index (χ4n) is 3.14. The highest BCUT2D eigenvalue weighted by Crippen LogP contribution is 2.23. The zero-order valence-corrected chi connectivity index (χ0v) is 18.1. The molecule has 31 heavy (non-hydrogen) atoms. The van der Waals surface area contributed by atoms with Crippen LogP contribution in [0.15, 0.2) is 71.9 Å². The minimum absolute atomic E-state index is 0.261. The van der Waals surface area contributed by atoms with Gasteiger partial charge in [-0.3, -0.25) is 4.79 Å². The average molecular weight is 431 g/mol. The molecule has 4 rings (SSSR count). The molecule has 1 amide bonds. The van der Waals surface area contributed by atoms with Gasteiger partial charge in [-0.25, -0.2) is 14.6 Å². The van der Waals surface area contributed by atoms with Crippen LogP contribution in [0.25, 0.3) is 5.69 Å². The number of nitrogens with zero attached hydrogens (tertiary/aromatic N) is 5. The molecule has 8 heteroatoms. The monoisotopic (exact) mass is 430 g/mol. The molecule has 0 fully saturated rings. The molecule has 2 aromatic carbocycles. The minimum Gasteiger partial charge on any atom is -0.347 e. The number of carbonyl (C=O) groups excluding carboxylic acids is 1. The molecule has 2 aromatic heterocycles. The third kappa shape index (κ3) is 5.16. The van der Waals surface area contributed by atoms with Crippen molar-refractivity contribution in [2.45, 2.75) is 31.3 Å². The standard InChI is InChI=1S/C23H22N6OS/c1-16-13-17(2)26-23(25-16)31-15-20-21(22(30)24-14-18-9-5-3-6-10-18)27-28-29(20)19-11-7-4-8-12-19/h3-13H,14-15H2,1-2H3,(H,24,30). The van der Waals surface area contributed by atoms with Crippen molar-refractivity contribution in [2.75, 3.05) is 0 Å². The van der Waals surface area contributed by atoms with Gasteiger partial charge in [0.05, 0.1) is 11.4 Å². The number of aryl methyl sites for hydroxylation is 2. The maximum absolute atomic E-state index is 12.9. The SMILES string of the molecule is Cc1cc(C)nc(SCc2c(C(=O)NCc3ccccc3)nnn2-c2ccccc2)n1. The van der Waals surface area contributed by atoms with Crippen molar-refractivity contribution < 1.29 is 4.79 Å². The number of para-hydroxylation sites is 1. The van der Waals surface area contributed by atoms with Crippen molar-refractivity contribution in [3.05, 3.63) is 95.1 Å². The van der Waals surface area contributed by atoms with Crippen molar-refractivity contribution >= 4 is 17.7 Å². The van der Waals surface area contributed by atoms with Crippen LogP contribution in [0.5, 0.6) is 0 Å². The van der Waals surface area contributed by atoms with Gasteiger partial charge in [0.1, 0.15) is 0 Å². The number of hydrogen-bond acceptors (Lipinski definition) is 6. The second-order valence-electron chi connectivity index (χ2n) is 7.02. The van der Waals surface area contributed by atoms with Crippen LogP contribution in [0, 0.1) is 13.8 Å². The number of aromatic nitrogens is 5. The Labute approximate surface area is 184 Å². The molecule has 4 aromatic rings. The van der Waals surface area contributed by atoms with E-state index in [1.165, 1.54) is 11.8 Å². The first-order valence-corrected chi connectivity index (χ1v) is 10.9. The Balaban J connectivity index is 1.60. The van der Waals surface area contributed by atoms with Gasteiger partial charge in [-0.15, -0.1) is 5.10 Å².